The summed E-state index contributed by atoms with van der Waals surface area (Å²) >= 11 is 0. The van der Waals surface area contributed by atoms with E-state index in [1.165, 1.54) is 19.5 Å². The molecular formula is C27H30N8O4. The van der Waals surface area contributed by atoms with Crippen molar-refractivity contribution in [2.75, 3.05) is 37.5 Å². The molecule has 0 atom stereocenters. The number of benzene rings is 2. The van der Waals surface area contributed by atoms with Gasteiger partial charge in [0.25, 0.3) is 5.69 Å². The van der Waals surface area contributed by atoms with Crippen molar-refractivity contribution in [3.63, 3.8) is 0 Å². The molecule has 2 aromatic carbocycles. The maximum absolute atomic E-state index is 12.1. The van der Waals surface area contributed by atoms with E-state index in [1.807, 2.05) is 37.2 Å². The van der Waals surface area contributed by atoms with E-state index in [1.54, 1.807) is 34.8 Å². The third-order valence-corrected chi connectivity index (χ3v) is 7.30. The number of anilines is 3. The minimum atomic E-state index is -0.393. The Morgan fingerprint density at radius 2 is 1.95 bits per heavy atom. The summed E-state index contributed by atoms with van der Waals surface area (Å²) in [5.41, 5.74) is 3.42. The van der Waals surface area contributed by atoms with Crippen LogP contribution in [0.3, 0.4) is 0 Å². The number of methoxy groups -OCH3 is 1. The van der Waals surface area contributed by atoms with Crippen LogP contribution in [0.5, 0.6) is 5.75 Å². The lowest BCUT2D eigenvalue weighted by Crippen LogP contribution is -2.45. The number of nitro groups is 1. The number of ether oxygens (including phenoxy) is 1. The van der Waals surface area contributed by atoms with Gasteiger partial charge in [0.15, 0.2) is 0 Å². The molecule has 0 aliphatic carbocycles. The third kappa shape index (κ3) is 5.17. The number of carbonyl (C=O) groups is 1. The van der Waals surface area contributed by atoms with Crippen LogP contribution in [0.15, 0.2) is 48.9 Å². The Bertz CT molecular complexity index is 1540. The molecule has 1 fully saturated rings. The Hall–Kier alpha value is -4.74. The van der Waals surface area contributed by atoms with Crippen molar-refractivity contribution in [2.24, 2.45) is 7.05 Å². The van der Waals surface area contributed by atoms with Gasteiger partial charge in [-0.15, -0.1) is 0 Å². The highest BCUT2D eigenvalue weighted by atomic mass is 16.6. The molecule has 0 spiro atoms. The highest BCUT2D eigenvalue weighted by molar-refractivity contribution is 5.84. The van der Waals surface area contributed by atoms with Crippen LogP contribution in [0.25, 0.3) is 22.2 Å². The van der Waals surface area contributed by atoms with Crippen LogP contribution in [-0.4, -0.2) is 68.8 Å². The van der Waals surface area contributed by atoms with Crippen LogP contribution < -0.4 is 15.0 Å². The number of fused-ring (bicyclic) bond motifs is 1. The van der Waals surface area contributed by atoms with Gasteiger partial charge in [-0.2, -0.15) is 5.10 Å². The number of amides is 1. The second kappa shape index (κ2) is 10.6. The molecule has 1 saturated heterocycles. The molecule has 4 aromatic rings. The summed E-state index contributed by atoms with van der Waals surface area (Å²) in [6.45, 7) is 2.81. The van der Waals surface area contributed by atoms with Crippen molar-refractivity contribution in [2.45, 2.75) is 25.8 Å². The fourth-order valence-corrected chi connectivity index (χ4v) is 5.06. The van der Waals surface area contributed by atoms with E-state index in [2.05, 4.69) is 20.4 Å². The molecule has 0 unspecified atom stereocenters. The topological polar surface area (TPSA) is 132 Å². The average Bonchev–Trinajstić information content (AvgIpc) is 3.32. The van der Waals surface area contributed by atoms with Gasteiger partial charge in [0.1, 0.15) is 23.6 Å². The largest absolute Gasteiger partial charge is 0.494 e. The van der Waals surface area contributed by atoms with Gasteiger partial charge in [0.2, 0.25) is 5.91 Å². The van der Waals surface area contributed by atoms with Gasteiger partial charge >= 0.3 is 0 Å². The molecule has 12 nitrogen and oxygen atoms in total. The van der Waals surface area contributed by atoms with Crippen molar-refractivity contribution in [1.29, 1.82) is 0 Å². The predicted octanol–water partition coefficient (Wildman–Crippen LogP) is 4.14. The lowest BCUT2D eigenvalue weighted by molar-refractivity contribution is -0.384. The lowest BCUT2D eigenvalue weighted by atomic mass is 10.0. The summed E-state index contributed by atoms with van der Waals surface area (Å²) in [6, 6.07) is 10.9. The molecule has 1 amide bonds. The molecular weight excluding hydrogens is 500 g/mol. The highest BCUT2D eigenvalue weighted by Crippen LogP contribution is 2.40. The predicted molar refractivity (Wildman–Crippen MR) is 148 cm³/mol. The Kier molecular flexibility index (Phi) is 7.01. The van der Waals surface area contributed by atoms with Gasteiger partial charge in [0, 0.05) is 69.3 Å². The van der Waals surface area contributed by atoms with E-state index in [0.717, 1.165) is 29.3 Å². The Labute approximate surface area is 225 Å². The van der Waals surface area contributed by atoms with E-state index in [0.29, 0.717) is 41.7 Å². The van der Waals surface area contributed by atoms with Crippen LogP contribution in [0.2, 0.25) is 0 Å². The fourth-order valence-electron chi connectivity index (χ4n) is 5.06. The lowest BCUT2D eigenvalue weighted by Gasteiger charge is -2.37. The van der Waals surface area contributed by atoms with Gasteiger partial charge in [-0.1, -0.05) is 6.07 Å². The number of aryl methyl sites for hydroxylation is 1. The zero-order valence-corrected chi connectivity index (χ0v) is 22.3. The van der Waals surface area contributed by atoms with Crippen molar-refractivity contribution in [1.82, 2.24) is 24.6 Å². The van der Waals surface area contributed by atoms with Crippen molar-refractivity contribution < 1.29 is 14.5 Å². The number of carbonyl (C=O) groups excluding carboxylic acids is 1. The summed E-state index contributed by atoms with van der Waals surface area (Å²) in [4.78, 5) is 35.9. The van der Waals surface area contributed by atoms with Crippen LogP contribution in [0.4, 0.5) is 22.9 Å². The van der Waals surface area contributed by atoms with Gasteiger partial charge in [-0.3, -0.25) is 19.6 Å². The maximum Gasteiger partial charge on any atom is 0.294 e. The first kappa shape index (κ1) is 25.9. The first-order valence-electron chi connectivity index (χ1n) is 12.6. The van der Waals surface area contributed by atoms with Crippen molar-refractivity contribution >= 4 is 39.7 Å². The fraction of sp³-hybridized carbons (Fsp3) is 0.333. The number of piperidine rings is 1. The van der Waals surface area contributed by atoms with Gasteiger partial charge < -0.3 is 19.9 Å². The molecule has 0 saturated carbocycles. The standard InChI is InChI=1S/C27H30N8O4/c1-17(36)34-9-7-20(8-10-34)32(2)24-14-26(39-4)22(12-25(24)35(37)38)31-27-13-21(28-16-29-27)18-5-6-23-19(11-18)15-30-33(23)3/h5-6,11-16,20H,7-10H2,1-4H3,(H,28,29,31). The van der Waals surface area contributed by atoms with Crippen LogP contribution in [-0.2, 0) is 11.8 Å². The Morgan fingerprint density at radius 1 is 1.18 bits per heavy atom. The molecule has 39 heavy (non-hydrogen) atoms. The molecule has 0 bridgehead atoms. The number of hydrogen-bond donors (Lipinski definition) is 1. The minimum absolute atomic E-state index is 0.0460. The number of hydrogen-bond acceptors (Lipinski definition) is 9. The smallest absolute Gasteiger partial charge is 0.294 e. The zero-order chi connectivity index (χ0) is 27.7. The SMILES string of the molecule is COc1cc(N(C)C2CCN(C(C)=O)CC2)c([N+](=O)[O-])cc1Nc1cc(-c2ccc3c(cnn3C)c2)ncn1. The molecule has 1 N–H and O–H groups in total. The van der Waals surface area contributed by atoms with E-state index in [4.69, 9.17) is 4.74 Å². The van der Waals surface area contributed by atoms with Crippen LogP contribution >= 0.6 is 0 Å². The molecule has 1 aliphatic heterocycles. The number of likely N-dealkylation sites (tertiary alicyclic amines) is 1. The first-order chi connectivity index (χ1) is 18.7. The number of nitro benzene ring substituents is 1. The van der Waals surface area contributed by atoms with Gasteiger partial charge in [-0.05, 0) is 25.0 Å². The molecule has 12 heteroatoms. The molecule has 202 valence electrons. The third-order valence-electron chi connectivity index (χ3n) is 7.30. The maximum atomic E-state index is 12.1. The average molecular weight is 531 g/mol. The number of rotatable bonds is 7. The zero-order valence-electron chi connectivity index (χ0n) is 22.3. The Balaban J connectivity index is 1.43. The van der Waals surface area contributed by atoms with Gasteiger partial charge in [-0.25, -0.2) is 9.97 Å². The monoisotopic (exact) mass is 530 g/mol. The van der Waals surface area contributed by atoms with E-state index < -0.39 is 4.92 Å². The highest BCUT2D eigenvalue weighted by Gasteiger charge is 2.29. The van der Waals surface area contributed by atoms with Crippen molar-refractivity contribution in [3.05, 3.63) is 59.0 Å². The number of nitrogens with one attached hydrogen (secondary N) is 1. The second-order valence-electron chi connectivity index (χ2n) is 9.60. The van der Waals surface area contributed by atoms with Crippen molar-refractivity contribution in [3.8, 4) is 17.0 Å². The van der Waals surface area contributed by atoms with Gasteiger partial charge in [0.05, 0.1) is 35.1 Å². The van der Waals surface area contributed by atoms with Crippen LogP contribution in [0, 0.1) is 10.1 Å². The summed E-state index contributed by atoms with van der Waals surface area (Å²) in [7, 11) is 5.26. The number of nitrogens with zero attached hydrogens (tertiary/aromatic N) is 7. The molecule has 0 radical (unpaired) electrons. The summed E-state index contributed by atoms with van der Waals surface area (Å²) in [5.74, 6) is 0.960. The van der Waals surface area contributed by atoms with E-state index in [9.17, 15) is 14.9 Å². The second-order valence-corrected chi connectivity index (χ2v) is 9.60. The molecule has 1 aliphatic rings. The number of aromatic nitrogens is 4. The summed E-state index contributed by atoms with van der Waals surface area (Å²) in [5, 5.41) is 20.6. The minimum Gasteiger partial charge on any atom is -0.494 e. The molecule has 2 aromatic heterocycles. The Morgan fingerprint density at radius 3 is 2.64 bits per heavy atom. The van der Waals surface area contributed by atoms with E-state index >= 15 is 0 Å². The normalized spacial score (nSPS) is 13.9. The van der Waals surface area contributed by atoms with E-state index in [-0.39, 0.29) is 17.6 Å². The summed E-state index contributed by atoms with van der Waals surface area (Å²) < 4.78 is 7.43. The summed E-state index contributed by atoms with van der Waals surface area (Å²) in [6.07, 6.45) is 4.70. The first-order valence-corrected chi connectivity index (χ1v) is 12.6. The molecule has 3 heterocycles. The molecule has 5 rings (SSSR count). The van der Waals surface area contributed by atoms with Crippen LogP contribution in [0.1, 0.15) is 19.8 Å². The quantitative estimate of drug-likeness (QED) is 0.277.